The number of nitrogens with two attached hydrogens (primary N) is 2. The topological polar surface area (TPSA) is 304 Å². The summed E-state index contributed by atoms with van der Waals surface area (Å²) in [5, 5.41) is 37.3. The Morgan fingerprint density at radius 2 is 1.51 bits per heavy atom. The molecule has 2 aliphatic heterocycles. The van der Waals surface area contributed by atoms with Gasteiger partial charge in [-0.05, 0) is 6.92 Å². The number of aromatic nitrogens is 10. The van der Waals surface area contributed by atoms with Gasteiger partial charge in [0.15, 0.2) is 22.9 Å². The SMILES string of the molecule is Cc1cn([C@H]2C[C@H](O)[C@@H](CO)O2)c(=O)[nH]c1=O.Nc1ncnc2c1ncn2[C@H]1C[C@H](O)[C@@H](CO)O1.Nc1ncnc2nc[nH]c12. The van der Waals surface area contributed by atoms with E-state index in [4.69, 9.17) is 31.2 Å². The highest BCUT2D eigenvalue weighted by Gasteiger charge is 2.36. The van der Waals surface area contributed by atoms with E-state index in [0.29, 0.717) is 45.9 Å². The number of aryl methyl sites for hydroxylation is 1. The molecule has 5 aromatic rings. The molecule has 7 rings (SSSR count). The quantitative estimate of drug-likeness (QED) is 0.102. The number of nitrogens with one attached hydrogen (secondary N) is 2. The summed E-state index contributed by atoms with van der Waals surface area (Å²) in [6.07, 6.45) is 3.94. The Morgan fingerprint density at radius 3 is 2.13 bits per heavy atom. The summed E-state index contributed by atoms with van der Waals surface area (Å²) >= 11 is 0. The molecular formula is C25H32N12O8. The summed E-state index contributed by atoms with van der Waals surface area (Å²) in [7, 11) is 0. The number of aliphatic hydroxyl groups excluding tert-OH is 4. The van der Waals surface area contributed by atoms with E-state index in [1.807, 2.05) is 0 Å². The lowest BCUT2D eigenvalue weighted by molar-refractivity contribution is -0.0459. The van der Waals surface area contributed by atoms with Crippen LogP contribution in [0, 0.1) is 6.92 Å². The van der Waals surface area contributed by atoms with Crippen LogP contribution in [0.5, 0.6) is 0 Å². The van der Waals surface area contributed by atoms with E-state index in [1.54, 1.807) is 17.8 Å². The summed E-state index contributed by atoms with van der Waals surface area (Å²) in [4.78, 5) is 51.4. The number of nitrogen functional groups attached to an aromatic ring is 2. The van der Waals surface area contributed by atoms with Crippen molar-refractivity contribution in [3.05, 3.63) is 57.9 Å². The summed E-state index contributed by atoms with van der Waals surface area (Å²) in [6, 6.07) is 0. The third kappa shape index (κ3) is 6.64. The number of H-pyrrole nitrogens is 2. The number of aliphatic hydroxyl groups is 4. The average Bonchev–Trinajstić information content (AvgIpc) is 3.82. The lowest BCUT2D eigenvalue weighted by atomic mass is 10.2. The Kier molecular flexibility index (Phi) is 9.41. The van der Waals surface area contributed by atoms with Gasteiger partial charge in [0.2, 0.25) is 0 Å². The molecule has 0 radical (unpaired) electrons. The maximum atomic E-state index is 11.6. The van der Waals surface area contributed by atoms with Crippen molar-refractivity contribution in [1.82, 2.24) is 49.0 Å². The highest BCUT2D eigenvalue weighted by molar-refractivity contribution is 5.81. The molecule has 0 spiro atoms. The van der Waals surface area contributed by atoms with Crippen LogP contribution in [0.4, 0.5) is 11.6 Å². The van der Waals surface area contributed by atoms with Crippen molar-refractivity contribution in [3.63, 3.8) is 0 Å². The lowest BCUT2D eigenvalue weighted by Gasteiger charge is -2.14. The zero-order chi connectivity index (χ0) is 32.2. The van der Waals surface area contributed by atoms with Crippen molar-refractivity contribution in [2.24, 2.45) is 0 Å². The van der Waals surface area contributed by atoms with Gasteiger partial charge in [0.05, 0.1) is 38.1 Å². The summed E-state index contributed by atoms with van der Waals surface area (Å²) < 4.78 is 13.8. The molecule has 0 unspecified atom stereocenters. The van der Waals surface area contributed by atoms with Gasteiger partial charge in [0, 0.05) is 24.6 Å². The number of hydrogen-bond donors (Lipinski definition) is 8. The van der Waals surface area contributed by atoms with Crippen LogP contribution in [0.25, 0.3) is 22.3 Å². The number of anilines is 2. The molecule has 20 nitrogen and oxygen atoms in total. The van der Waals surface area contributed by atoms with Crippen LogP contribution < -0.4 is 22.7 Å². The van der Waals surface area contributed by atoms with Gasteiger partial charge in [-0.2, -0.15) is 0 Å². The number of ether oxygens (including phenoxy) is 2. The van der Waals surface area contributed by atoms with Crippen LogP contribution in [0.2, 0.25) is 0 Å². The van der Waals surface area contributed by atoms with E-state index in [0.717, 1.165) is 0 Å². The molecule has 6 atom stereocenters. The second kappa shape index (κ2) is 13.4. The molecule has 2 saturated heterocycles. The fraction of sp³-hybridized carbons (Fsp3) is 0.440. The van der Waals surface area contributed by atoms with Crippen LogP contribution in [0.3, 0.4) is 0 Å². The van der Waals surface area contributed by atoms with Gasteiger partial charge in [0.25, 0.3) is 5.56 Å². The van der Waals surface area contributed by atoms with E-state index in [1.165, 1.54) is 29.7 Å². The number of imidazole rings is 2. The van der Waals surface area contributed by atoms with Crippen molar-refractivity contribution in [3.8, 4) is 0 Å². The van der Waals surface area contributed by atoms with Gasteiger partial charge in [-0.3, -0.25) is 18.9 Å². The van der Waals surface area contributed by atoms with Crippen molar-refractivity contribution in [2.45, 2.75) is 56.6 Å². The Morgan fingerprint density at radius 1 is 0.889 bits per heavy atom. The zero-order valence-corrected chi connectivity index (χ0v) is 23.8. The van der Waals surface area contributed by atoms with E-state index in [-0.39, 0.29) is 19.6 Å². The molecule has 10 N–H and O–H groups in total. The number of aromatic amines is 2. The second-order valence-electron chi connectivity index (χ2n) is 10.2. The first kappa shape index (κ1) is 31.6. The molecule has 0 aliphatic carbocycles. The van der Waals surface area contributed by atoms with Gasteiger partial charge >= 0.3 is 5.69 Å². The first-order valence-corrected chi connectivity index (χ1v) is 13.6. The van der Waals surface area contributed by atoms with Gasteiger partial charge in [-0.1, -0.05) is 0 Å². The predicted octanol–water partition coefficient (Wildman–Crippen LogP) is -2.53. The minimum absolute atomic E-state index is 0.205. The highest BCUT2D eigenvalue weighted by Crippen LogP contribution is 2.31. The first-order chi connectivity index (χ1) is 21.6. The van der Waals surface area contributed by atoms with Gasteiger partial charge in [-0.25, -0.2) is 34.7 Å². The smallest absolute Gasteiger partial charge is 0.330 e. The number of hydrogen-bond acceptors (Lipinski definition) is 16. The molecule has 0 amide bonds. The second-order valence-corrected chi connectivity index (χ2v) is 10.2. The monoisotopic (exact) mass is 628 g/mol. The third-order valence-corrected chi connectivity index (χ3v) is 7.17. The van der Waals surface area contributed by atoms with Crippen LogP contribution >= 0.6 is 0 Å². The molecule has 0 aromatic carbocycles. The molecule has 2 aliphatic rings. The number of fused-ring (bicyclic) bond motifs is 2. The summed E-state index contributed by atoms with van der Waals surface area (Å²) in [5.74, 6) is 0.735. The van der Waals surface area contributed by atoms with Crippen molar-refractivity contribution >= 4 is 34.0 Å². The Hall–Kier alpha value is -4.86. The van der Waals surface area contributed by atoms with Crippen molar-refractivity contribution < 1.29 is 29.9 Å². The van der Waals surface area contributed by atoms with E-state index in [9.17, 15) is 19.8 Å². The van der Waals surface area contributed by atoms with Crippen LogP contribution in [0.15, 0.2) is 41.1 Å². The molecule has 5 aromatic heterocycles. The highest BCUT2D eigenvalue weighted by atomic mass is 16.5. The van der Waals surface area contributed by atoms with Crippen molar-refractivity contribution in [2.75, 3.05) is 24.7 Å². The standard InChI is InChI=1S/C10H13N5O3.C10H14N2O5.C5H5N5/c11-9-8-10(13-3-12-9)15(4-14-8)7-1-5(17)6(2-16)18-7;1-5-3-12(10(16)11-9(5)15)8-2-6(14)7(4-13)17-8;6-4-3-5(9-1-7-3)10-2-8-4/h3-7,16-17H,1-2H2,(H2,11,12,13);3,6-8,13-14H,2,4H2,1H3,(H,11,15,16);1-2H,(H3,6,7,8,9,10)/t5-,6+,7+;6-,7+,8+;/m00./s1. The third-order valence-electron chi connectivity index (χ3n) is 7.17. The van der Waals surface area contributed by atoms with E-state index in [2.05, 4.69) is 39.9 Å². The Balaban J connectivity index is 0.000000139. The van der Waals surface area contributed by atoms with Crippen LogP contribution in [0.1, 0.15) is 30.9 Å². The van der Waals surface area contributed by atoms with E-state index >= 15 is 0 Å². The lowest BCUT2D eigenvalue weighted by Crippen LogP contribution is -2.33. The van der Waals surface area contributed by atoms with Gasteiger partial charge in [0.1, 0.15) is 48.4 Å². The minimum Gasteiger partial charge on any atom is -0.394 e. The van der Waals surface area contributed by atoms with Gasteiger partial charge < -0.3 is 46.4 Å². The summed E-state index contributed by atoms with van der Waals surface area (Å²) in [6.45, 7) is 1.04. The van der Waals surface area contributed by atoms with E-state index < -0.39 is 48.1 Å². The number of rotatable bonds is 4. The molecule has 20 heteroatoms. The largest absolute Gasteiger partial charge is 0.394 e. The molecule has 2 fully saturated rings. The normalized spacial score (nSPS) is 24.3. The number of nitrogens with zero attached hydrogens (tertiary/aromatic N) is 8. The predicted molar refractivity (Wildman–Crippen MR) is 155 cm³/mol. The Bertz CT molecular complexity index is 1870. The maximum absolute atomic E-state index is 11.6. The zero-order valence-electron chi connectivity index (χ0n) is 23.8. The Labute approximate surface area is 252 Å². The van der Waals surface area contributed by atoms with Gasteiger partial charge in [-0.15, -0.1) is 0 Å². The molecular weight excluding hydrogens is 596 g/mol. The fourth-order valence-corrected chi connectivity index (χ4v) is 4.77. The van der Waals surface area contributed by atoms with Crippen LogP contribution in [-0.4, -0.2) is 107 Å². The van der Waals surface area contributed by atoms with Crippen LogP contribution in [-0.2, 0) is 9.47 Å². The molecule has 240 valence electrons. The molecule has 7 heterocycles. The van der Waals surface area contributed by atoms with Crippen molar-refractivity contribution in [1.29, 1.82) is 0 Å². The first-order valence-electron chi connectivity index (χ1n) is 13.6. The average molecular weight is 629 g/mol. The summed E-state index contributed by atoms with van der Waals surface area (Å²) in [5.41, 5.74) is 12.9. The fourth-order valence-electron chi connectivity index (χ4n) is 4.77. The molecule has 45 heavy (non-hydrogen) atoms. The molecule has 0 bridgehead atoms. The maximum Gasteiger partial charge on any atom is 0.330 e. The molecule has 0 saturated carbocycles. The minimum atomic E-state index is -0.816.